The van der Waals surface area contributed by atoms with E-state index in [1.807, 2.05) is 32.6 Å². The number of aryl methyl sites for hydroxylation is 1. The van der Waals surface area contributed by atoms with Gasteiger partial charge in [0, 0.05) is 35.8 Å². The Hall–Kier alpha value is -2.47. The predicted octanol–water partition coefficient (Wildman–Crippen LogP) is 5.06. The maximum absolute atomic E-state index is 15.9. The second-order valence-electron chi connectivity index (χ2n) is 13.1. The third kappa shape index (κ3) is 5.37. The minimum absolute atomic E-state index is 0.00658. The first kappa shape index (κ1) is 29.6. The molecule has 230 valence electrons. The molecule has 1 aliphatic carbocycles. The lowest BCUT2D eigenvalue weighted by molar-refractivity contribution is -0.199. The van der Waals surface area contributed by atoms with E-state index in [9.17, 15) is 9.59 Å². The van der Waals surface area contributed by atoms with Crippen molar-refractivity contribution in [2.45, 2.75) is 121 Å². The van der Waals surface area contributed by atoms with Crippen molar-refractivity contribution < 1.29 is 28.1 Å². The van der Waals surface area contributed by atoms with E-state index in [2.05, 4.69) is 15.3 Å². The first-order chi connectivity index (χ1) is 19.9. The number of aromatic amines is 1. The molecule has 42 heavy (non-hydrogen) atoms. The van der Waals surface area contributed by atoms with Gasteiger partial charge in [0.1, 0.15) is 17.1 Å². The quantitative estimate of drug-likeness (QED) is 0.439. The lowest BCUT2D eigenvalue weighted by Crippen LogP contribution is -2.64. The van der Waals surface area contributed by atoms with Crippen LogP contribution in [-0.4, -0.2) is 70.2 Å². The number of fused-ring (bicyclic) bond motifs is 3. The van der Waals surface area contributed by atoms with Gasteiger partial charge in [-0.15, -0.1) is 0 Å². The third-order valence-corrected chi connectivity index (χ3v) is 9.08. The summed E-state index contributed by atoms with van der Waals surface area (Å²) in [6.07, 6.45) is 4.40. The van der Waals surface area contributed by atoms with Gasteiger partial charge in [-0.05, 0) is 79.6 Å². The summed E-state index contributed by atoms with van der Waals surface area (Å²) in [7, 11) is 0. The molecule has 2 bridgehead atoms. The van der Waals surface area contributed by atoms with Gasteiger partial charge in [0.15, 0.2) is 17.3 Å². The summed E-state index contributed by atoms with van der Waals surface area (Å²) in [4.78, 5) is 35.4. The van der Waals surface area contributed by atoms with E-state index in [1.54, 1.807) is 6.92 Å². The Morgan fingerprint density at radius 1 is 1.21 bits per heavy atom. The summed E-state index contributed by atoms with van der Waals surface area (Å²) in [6, 6.07) is -0.420. The van der Waals surface area contributed by atoms with Gasteiger partial charge in [-0.1, -0.05) is 11.6 Å². The van der Waals surface area contributed by atoms with E-state index in [4.69, 9.17) is 30.5 Å². The highest BCUT2D eigenvalue weighted by molar-refractivity contribution is 6.30. The SMILES string of the molecule is Cc1[nH]c(=O)c2c(O[C@@H](C)[C@H]3NC[C@H]4CC[C@@H]3N4C(=O)OC(C)(C)C)nc(Cl)c(F)c2c1C1(OC2CCCCO2)CC1. The van der Waals surface area contributed by atoms with E-state index >= 15 is 4.39 Å². The maximum atomic E-state index is 15.9. The average Bonchev–Trinajstić information content (AvgIpc) is 3.61. The Labute approximate surface area is 249 Å². The smallest absolute Gasteiger partial charge is 0.410 e. The van der Waals surface area contributed by atoms with Crippen LogP contribution in [0.2, 0.25) is 5.15 Å². The summed E-state index contributed by atoms with van der Waals surface area (Å²) < 4.78 is 40.2. The summed E-state index contributed by atoms with van der Waals surface area (Å²) in [5, 5.41) is 3.19. The number of nitrogens with zero attached hydrogens (tertiary/aromatic N) is 2. The summed E-state index contributed by atoms with van der Waals surface area (Å²) in [6.45, 7) is 10.3. The zero-order chi connectivity index (χ0) is 30.0. The van der Waals surface area contributed by atoms with Crippen molar-refractivity contribution in [3.8, 4) is 5.88 Å². The lowest BCUT2D eigenvalue weighted by Gasteiger charge is -2.43. The zero-order valence-electron chi connectivity index (χ0n) is 24.9. The summed E-state index contributed by atoms with van der Waals surface area (Å²) in [5.74, 6) is -0.831. The van der Waals surface area contributed by atoms with Gasteiger partial charge in [-0.3, -0.25) is 9.69 Å². The number of aromatic nitrogens is 2. The largest absolute Gasteiger partial charge is 0.472 e. The van der Waals surface area contributed by atoms with E-state index in [1.165, 1.54) is 0 Å². The molecule has 12 heteroatoms. The molecule has 0 aromatic carbocycles. The Kier molecular flexibility index (Phi) is 7.69. The van der Waals surface area contributed by atoms with Crippen molar-refractivity contribution >= 4 is 28.5 Å². The summed E-state index contributed by atoms with van der Waals surface area (Å²) >= 11 is 6.36. The van der Waals surface area contributed by atoms with Crippen LogP contribution in [0.25, 0.3) is 10.8 Å². The molecule has 1 saturated carbocycles. The number of rotatable bonds is 6. The van der Waals surface area contributed by atoms with Crippen LogP contribution in [0.3, 0.4) is 0 Å². The van der Waals surface area contributed by atoms with E-state index < -0.39 is 28.7 Å². The molecule has 5 heterocycles. The number of carbonyl (C=O) groups excluding carboxylic acids is 1. The van der Waals surface area contributed by atoms with Crippen LogP contribution in [-0.2, 0) is 19.8 Å². The predicted molar refractivity (Wildman–Crippen MR) is 154 cm³/mol. The fourth-order valence-electron chi connectivity index (χ4n) is 6.89. The first-order valence-corrected chi connectivity index (χ1v) is 15.4. The van der Waals surface area contributed by atoms with Crippen molar-refractivity contribution in [2.75, 3.05) is 13.2 Å². The van der Waals surface area contributed by atoms with Gasteiger partial charge in [0.25, 0.3) is 5.56 Å². The molecular formula is C30H40ClFN4O6. The molecule has 6 rings (SSSR count). The minimum atomic E-state index is -0.791. The lowest BCUT2D eigenvalue weighted by atomic mass is 9.98. The molecule has 10 nitrogen and oxygen atoms in total. The molecule has 3 saturated heterocycles. The molecular weight excluding hydrogens is 567 g/mol. The number of nitrogens with one attached hydrogen (secondary N) is 2. The number of H-pyrrole nitrogens is 1. The fraction of sp³-hybridized carbons (Fsp3) is 0.700. The monoisotopic (exact) mass is 606 g/mol. The van der Waals surface area contributed by atoms with Gasteiger partial charge in [0.05, 0.1) is 17.7 Å². The number of piperazine rings is 1. The molecule has 4 aliphatic rings. The molecule has 0 radical (unpaired) electrons. The highest BCUT2D eigenvalue weighted by atomic mass is 35.5. The van der Waals surface area contributed by atoms with Crippen molar-refractivity contribution in [1.29, 1.82) is 0 Å². The highest BCUT2D eigenvalue weighted by Crippen LogP contribution is 2.54. The molecule has 1 unspecified atom stereocenters. The van der Waals surface area contributed by atoms with Crippen LogP contribution in [0.15, 0.2) is 4.79 Å². The van der Waals surface area contributed by atoms with Crippen molar-refractivity contribution in [3.05, 3.63) is 32.6 Å². The molecule has 0 spiro atoms. The Balaban J connectivity index is 1.34. The number of halogens is 2. The third-order valence-electron chi connectivity index (χ3n) is 8.83. The normalized spacial score (nSPS) is 27.6. The first-order valence-electron chi connectivity index (χ1n) is 15.0. The molecule has 2 aromatic heterocycles. The maximum Gasteiger partial charge on any atom is 0.410 e. The number of carbonyl (C=O) groups is 1. The van der Waals surface area contributed by atoms with Crippen LogP contribution >= 0.6 is 11.6 Å². The second-order valence-corrected chi connectivity index (χ2v) is 13.4. The van der Waals surface area contributed by atoms with Gasteiger partial charge in [-0.25, -0.2) is 9.18 Å². The van der Waals surface area contributed by atoms with Gasteiger partial charge >= 0.3 is 6.09 Å². The van der Waals surface area contributed by atoms with E-state index in [0.29, 0.717) is 37.3 Å². The standard InChI is InChI=1S/C30H40ClFN4O6/c1-15-22(30(11-12-30)41-19-8-6-7-13-39-19)20-21(26(37)34-15)27(35-25(31)23(20)32)40-16(2)24-18-10-9-17(14-33-24)36(18)28(38)42-29(3,4)5/h16-19,24,33H,6-14H2,1-5H3,(H,34,37)/t16-,17+,18-,19?,24+/m0/s1. The molecule has 3 aliphatic heterocycles. The molecule has 4 fully saturated rings. The summed E-state index contributed by atoms with van der Waals surface area (Å²) in [5.41, 5.74) is -0.860. The number of hydrogen-bond acceptors (Lipinski definition) is 8. The number of amides is 1. The second kappa shape index (κ2) is 10.9. The van der Waals surface area contributed by atoms with Crippen LogP contribution in [0.4, 0.5) is 9.18 Å². The zero-order valence-corrected chi connectivity index (χ0v) is 25.6. The van der Waals surface area contributed by atoms with Crippen molar-refractivity contribution in [3.63, 3.8) is 0 Å². The van der Waals surface area contributed by atoms with Crippen molar-refractivity contribution in [2.24, 2.45) is 0 Å². The van der Waals surface area contributed by atoms with Crippen LogP contribution in [0, 0.1) is 12.7 Å². The van der Waals surface area contributed by atoms with Crippen LogP contribution in [0.1, 0.15) is 83.9 Å². The van der Waals surface area contributed by atoms with E-state index in [-0.39, 0.29) is 52.3 Å². The molecule has 5 atom stereocenters. The van der Waals surface area contributed by atoms with Crippen molar-refractivity contribution in [1.82, 2.24) is 20.2 Å². The molecule has 1 amide bonds. The van der Waals surface area contributed by atoms with Gasteiger partial charge in [0.2, 0.25) is 5.88 Å². The number of ether oxygens (including phenoxy) is 4. The topological polar surface area (TPSA) is 115 Å². The number of hydrogen-bond donors (Lipinski definition) is 2. The van der Waals surface area contributed by atoms with Gasteiger partial charge < -0.3 is 29.2 Å². The Bertz CT molecular complexity index is 1430. The highest BCUT2D eigenvalue weighted by Gasteiger charge is 2.52. The molecule has 2 N–H and O–H groups in total. The Morgan fingerprint density at radius 3 is 2.64 bits per heavy atom. The van der Waals surface area contributed by atoms with Crippen LogP contribution in [0.5, 0.6) is 5.88 Å². The average molecular weight is 607 g/mol. The van der Waals surface area contributed by atoms with Gasteiger partial charge in [-0.2, -0.15) is 4.98 Å². The van der Waals surface area contributed by atoms with Crippen LogP contribution < -0.4 is 15.6 Å². The number of pyridine rings is 2. The molecule has 2 aromatic rings. The Morgan fingerprint density at radius 2 is 1.98 bits per heavy atom. The van der Waals surface area contributed by atoms with E-state index in [0.717, 1.165) is 32.1 Å². The minimum Gasteiger partial charge on any atom is -0.472 e. The fourth-order valence-corrected chi connectivity index (χ4v) is 7.06.